The fourth-order valence-electron chi connectivity index (χ4n) is 2.95. The number of hydrogen-bond donors (Lipinski definition) is 1. The van der Waals surface area contributed by atoms with E-state index in [2.05, 4.69) is 50.4 Å². The van der Waals surface area contributed by atoms with Crippen LogP contribution < -0.4 is 10.2 Å². The molecule has 1 amide bonds. The Morgan fingerprint density at radius 2 is 1.92 bits per heavy atom. The first kappa shape index (κ1) is 16.8. The maximum atomic E-state index is 12.0. The van der Waals surface area contributed by atoms with Crippen LogP contribution in [0.2, 0.25) is 0 Å². The van der Waals surface area contributed by atoms with Crippen LogP contribution in [0, 0.1) is 5.92 Å². The van der Waals surface area contributed by atoms with Crippen LogP contribution in [0.5, 0.6) is 0 Å². The molecule has 2 aromatic rings. The van der Waals surface area contributed by atoms with E-state index < -0.39 is 0 Å². The molecule has 0 radical (unpaired) electrons. The number of amides is 1. The van der Waals surface area contributed by atoms with Crippen LogP contribution in [-0.4, -0.2) is 25.5 Å². The minimum atomic E-state index is -0.0380. The molecule has 1 aliphatic heterocycles. The fraction of sp³-hybridized carbons (Fsp3) is 0.250. The minimum absolute atomic E-state index is 0.0380. The lowest BCUT2D eigenvalue weighted by Gasteiger charge is -2.18. The van der Waals surface area contributed by atoms with Crippen molar-refractivity contribution in [1.29, 1.82) is 0 Å². The van der Waals surface area contributed by atoms with E-state index in [0.717, 1.165) is 36.1 Å². The molecule has 4 heteroatoms. The Labute approximate surface area is 151 Å². The molecular weight excluding hydrogens is 364 g/mol. The van der Waals surface area contributed by atoms with Gasteiger partial charge in [-0.15, -0.1) is 0 Å². The van der Waals surface area contributed by atoms with Crippen LogP contribution >= 0.6 is 15.9 Å². The molecule has 124 valence electrons. The van der Waals surface area contributed by atoms with Crippen LogP contribution in [0.25, 0.3) is 6.08 Å². The molecule has 1 heterocycles. The Morgan fingerprint density at radius 3 is 2.71 bits per heavy atom. The van der Waals surface area contributed by atoms with Gasteiger partial charge in [0.1, 0.15) is 0 Å². The topological polar surface area (TPSA) is 32.3 Å². The average Bonchev–Trinajstić information content (AvgIpc) is 3.09. The zero-order valence-electron chi connectivity index (χ0n) is 13.5. The molecule has 2 aromatic carbocycles. The number of para-hydroxylation sites is 1. The van der Waals surface area contributed by atoms with Gasteiger partial charge in [0.2, 0.25) is 5.91 Å². The second-order valence-electron chi connectivity index (χ2n) is 6.04. The first-order chi connectivity index (χ1) is 11.7. The molecule has 1 aliphatic rings. The largest absolute Gasteiger partial charge is 0.371 e. The standard InChI is InChI=1S/C20H21BrN2O/c21-19-9-5-4-6-17(19)10-11-20(24)22-14-16-12-13-23(15-16)18-7-2-1-3-8-18/h1-11,16H,12-15H2,(H,22,24)/b11-10+. The Hall–Kier alpha value is -2.07. The maximum absolute atomic E-state index is 12.0. The van der Waals surface area contributed by atoms with Crippen molar-refractivity contribution in [3.63, 3.8) is 0 Å². The lowest BCUT2D eigenvalue weighted by molar-refractivity contribution is -0.116. The number of hydrogen-bond acceptors (Lipinski definition) is 2. The smallest absolute Gasteiger partial charge is 0.244 e. The predicted octanol–water partition coefficient (Wildman–Crippen LogP) is 4.11. The maximum Gasteiger partial charge on any atom is 0.244 e. The highest BCUT2D eigenvalue weighted by atomic mass is 79.9. The van der Waals surface area contributed by atoms with Gasteiger partial charge in [-0.05, 0) is 42.2 Å². The minimum Gasteiger partial charge on any atom is -0.371 e. The molecule has 3 rings (SSSR count). The van der Waals surface area contributed by atoms with Gasteiger partial charge in [0.05, 0.1) is 0 Å². The summed E-state index contributed by atoms with van der Waals surface area (Å²) in [6.45, 7) is 2.78. The summed E-state index contributed by atoms with van der Waals surface area (Å²) in [5.41, 5.74) is 2.27. The molecule has 1 N–H and O–H groups in total. The van der Waals surface area contributed by atoms with Crippen molar-refractivity contribution in [3.05, 3.63) is 70.7 Å². The highest BCUT2D eigenvalue weighted by molar-refractivity contribution is 9.10. The van der Waals surface area contributed by atoms with Gasteiger partial charge in [0.25, 0.3) is 0 Å². The summed E-state index contributed by atoms with van der Waals surface area (Å²) in [4.78, 5) is 14.4. The summed E-state index contributed by atoms with van der Waals surface area (Å²) in [6, 6.07) is 18.3. The van der Waals surface area contributed by atoms with Crippen LogP contribution in [0.3, 0.4) is 0 Å². The molecule has 0 aromatic heterocycles. The Bertz CT molecular complexity index is 715. The molecule has 1 saturated heterocycles. The van der Waals surface area contributed by atoms with Crippen LogP contribution in [-0.2, 0) is 4.79 Å². The second kappa shape index (κ2) is 8.15. The lowest BCUT2D eigenvalue weighted by Crippen LogP contribution is -2.29. The highest BCUT2D eigenvalue weighted by Crippen LogP contribution is 2.23. The second-order valence-corrected chi connectivity index (χ2v) is 6.89. The molecule has 1 unspecified atom stereocenters. The third-order valence-electron chi connectivity index (χ3n) is 4.29. The van der Waals surface area contributed by atoms with Crippen LogP contribution in [0.4, 0.5) is 5.69 Å². The molecule has 1 atom stereocenters. The first-order valence-electron chi connectivity index (χ1n) is 8.23. The number of carbonyl (C=O) groups is 1. The van der Waals surface area contributed by atoms with Crippen molar-refractivity contribution in [1.82, 2.24) is 5.32 Å². The zero-order valence-corrected chi connectivity index (χ0v) is 15.1. The van der Waals surface area contributed by atoms with Gasteiger partial charge < -0.3 is 10.2 Å². The number of halogens is 1. The van der Waals surface area contributed by atoms with E-state index in [1.165, 1.54) is 5.69 Å². The van der Waals surface area contributed by atoms with E-state index in [-0.39, 0.29) is 5.91 Å². The van der Waals surface area contributed by atoms with Gasteiger partial charge >= 0.3 is 0 Å². The van der Waals surface area contributed by atoms with E-state index in [1.54, 1.807) is 6.08 Å². The highest BCUT2D eigenvalue weighted by Gasteiger charge is 2.22. The third-order valence-corrected chi connectivity index (χ3v) is 5.01. The van der Waals surface area contributed by atoms with Crippen molar-refractivity contribution in [3.8, 4) is 0 Å². The lowest BCUT2D eigenvalue weighted by atomic mass is 10.1. The normalized spacial score (nSPS) is 17.4. The molecule has 0 spiro atoms. The average molecular weight is 385 g/mol. The molecule has 24 heavy (non-hydrogen) atoms. The predicted molar refractivity (Wildman–Crippen MR) is 103 cm³/mol. The fourth-order valence-corrected chi connectivity index (χ4v) is 3.37. The molecule has 0 bridgehead atoms. The van der Waals surface area contributed by atoms with Crippen LogP contribution in [0.1, 0.15) is 12.0 Å². The number of rotatable bonds is 5. The zero-order chi connectivity index (χ0) is 16.8. The number of nitrogens with one attached hydrogen (secondary N) is 1. The Kier molecular flexibility index (Phi) is 5.70. The SMILES string of the molecule is O=C(/C=C/c1ccccc1Br)NCC1CCN(c2ccccc2)C1. The molecule has 1 fully saturated rings. The van der Waals surface area contributed by atoms with Gasteiger partial charge in [-0.1, -0.05) is 52.3 Å². The van der Waals surface area contributed by atoms with E-state index in [0.29, 0.717) is 5.92 Å². The molecule has 0 saturated carbocycles. The molecule has 3 nitrogen and oxygen atoms in total. The van der Waals surface area contributed by atoms with E-state index in [1.807, 2.05) is 36.4 Å². The molecule has 0 aliphatic carbocycles. The summed E-state index contributed by atoms with van der Waals surface area (Å²) in [6.07, 6.45) is 4.55. The summed E-state index contributed by atoms with van der Waals surface area (Å²) in [7, 11) is 0. The van der Waals surface area contributed by atoms with Gasteiger partial charge in [0.15, 0.2) is 0 Å². The van der Waals surface area contributed by atoms with Crippen molar-refractivity contribution in [2.45, 2.75) is 6.42 Å². The molecular formula is C20H21BrN2O. The summed E-state index contributed by atoms with van der Waals surface area (Å²) >= 11 is 3.48. The Balaban J connectivity index is 1.46. The number of anilines is 1. The summed E-state index contributed by atoms with van der Waals surface area (Å²) < 4.78 is 0.989. The Morgan fingerprint density at radius 1 is 1.17 bits per heavy atom. The van der Waals surface area contributed by atoms with E-state index in [9.17, 15) is 4.79 Å². The van der Waals surface area contributed by atoms with Crippen molar-refractivity contribution < 1.29 is 4.79 Å². The van der Waals surface area contributed by atoms with Crippen molar-refractivity contribution in [2.75, 3.05) is 24.5 Å². The van der Waals surface area contributed by atoms with Gasteiger partial charge in [0, 0.05) is 35.9 Å². The van der Waals surface area contributed by atoms with Gasteiger partial charge in [-0.2, -0.15) is 0 Å². The monoisotopic (exact) mass is 384 g/mol. The van der Waals surface area contributed by atoms with Crippen molar-refractivity contribution >= 4 is 33.6 Å². The van der Waals surface area contributed by atoms with E-state index in [4.69, 9.17) is 0 Å². The number of benzene rings is 2. The summed E-state index contributed by atoms with van der Waals surface area (Å²) in [5.74, 6) is 0.468. The van der Waals surface area contributed by atoms with Gasteiger partial charge in [-0.3, -0.25) is 4.79 Å². The number of carbonyl (C=O) groups excluding carboxylic acids is 1. The quantitative estimate of drug-likeness (QED) is 0.786. The van der Waals surface area contributed by atoms with Crippen molar-refractivity contribution in [2.24, 2.45) is 5.92 Å². The van der Waals surface area contributed by atoms with Crippen LogP contribution in [0.15, 0.2) is 65.1 Å². The summed E-state index contributed by atoms with van der Waals surface area (Å²) in [5, 5.41) is 3.02. The van der Waals surface area contributed by atoms with E-state index >= 15 is 0 Å². The number of nitrogens with zero attached hydrogens (tertiary/aromatic N) is 1. The first-order valence-corrected chi connectivity index (χ1v) is 9.02. The third kappa shape index (κ3) is 4.48. The van der Waals surface area contributed by atoms with Gasteiger partial charge in [-0.25, -0.2) is 0 Å².